The number of amides is 2. The van der Waals surface area contributed by atoms with Gasteiger partial charge in [-0.05, 0) is 31.1 Å². The summed E-state index contributed by atoms with van der Waals surface area (Å²) in [6.07, 6.45) is 5.42. The molecule has 2 fully saturated rings. The summed E-state index contributed by atoms with van der Waals surface area (Å²) in [4.78, 5) is 24.7. The number of rotatable bonds is 4. The topological polar surface area (TPSA) is 76.6 Å². The molecule has 5 atom stereocenters. The fourth-order valence-corrected chi connectivity index (χ4v) is 3.83. The van der Waals surface area contributed by atoms with Gasteiger partial charge in [-0.25, -0.2) is 0 Å². The lowest BCUT2D eigenvalue weighted by molar-refractivity contribution is -0.899. The summed E-state index contributed by atoms with van der Waals surface area (Å²) in [5, 5.41) is 3.21. The first-order valence-electron chi connectivity index (χ1n) is 8.39. The minimum absolute atomic E-state index is 0.0600. The summed E-state index contributed by atoms with van der Waals surface area (Å²) in [5.41, 5.74) is 5.39. The van der Waals surface area contributed by atoms with Crippen LogP contribution < -0.4 is 16.0 Å². The van der Waals surface area contributed by atoms with Crippen molar-refractivity contribution in [2.24, 2.45) is 23.5 Å². The standard InChI is InChI=1S/C16H29N3O2/c1-11-5-3-7-14(12(11)2)18-15(20)10-19-8-4-6-13(9-19)16(17)21/h11-14H,3-10H2,1-2H3,(H2,17,21)(H,18,20)/p+1/t11-,12+,13-,14+/m0/s1. The molecule has 2 amide bonds. The van der Waals surface area contributed by atoms with Gasteiger partial charge in [0.05, 0.1) is 19.0 Å². The van der Waals surface area contributed by atoms with Crippen LogP contribution >= 0.6 is 0 Å². The molecule has 1 heterocycles. The SMILES string of the molecule is C[C@@H]1[C@@H](C)CCC[C@H]1NC(=O)C[NH+]1CCC[C@H](C(N)=O)C1. The smallest absolute Gasteiger partial charge is 0.275 e. The summed E-state index contributed by atoms with van der Waals surface area (Å²) in [5.74, 6) is 1.08. The van der Waals surface area contributed by atoms with Crippen LogP contribution in [0.2, 0.25) is 0 Å². The van der Waals surface area contributed by atoms with E-state index in [0.29, 0.717) is 31.0 Å². The van der Waals surface area contributed by atoms with Crippen molar-refractivity contribution in [1.29, 1.82) is 0 Å². The van der Waals surface area contributed by atoms with E-state index in [9.17, 15) is 9.59 Å². The summed E-state index contributed by atoms with van der Waals surface area (Å²) in [6.45, 7) is 6.66. The molecule has 5 nitrogen and oxygen atoms in total. The molecule has 0 bridgehead atoms. The Kier molecular flexibility index (Phi) is 5.62. The Morgan fingerprint density at radius 2 is 1.95 bits per heavy atom. The molecule has 4 N–H and O–H groups in total. The Morgan fingerprint density at radius 3 is 2.67 bits per heavy atom. The fourth-order valence-electron chi connectivity index (χ4n) is 3.83. The van der Waals surface area contributed by atoms with Gasteiger partial charge in [0.1, 0.15) is 0 Å². The zero-order chi connectivity index (χ0) is 15.4. The van der Waals surface area contributed by atoms with Crippen molar-refractivity contribution in [2.75, 3.05) is 19.6 Å². The maximum atomic E-state index is 12.3. The highest BCUT2D eigenvalue weighted by atomic mass is 16.2. The van der Waals surface area contributed by atoms with E-state index in [2.05, 4.69) is 19.2 Å². The van der Waals surface area contributed by atoms with Gasteiger partial charge in [0.2, 0.25) is 5.91 Å². The Balaban J connectivity index is 1.80. The largest absolute Gasteiger partial charge is 0.369 e. The maximum Gasteiger partial charge on any atom is 0.275 e. The normalized spacial score (nSPS) is 37.0. The van der Waals surface area contributed by atoms with Crippen LogP contribution in [0.1, 0.15) is 46.0 Å². The van der Waals surface area contributed by atoms with Crippen LogP contribution in [0, 0.1) is 17.8 Å². The predicted octanol–water partition coefficient (Wildman–Crippen LogP) is -0.292. The molecule has 1 aliphatic carbocycles. The fraction of sp³-hybridized carbons (Fsp3) is 0.875. The quantitative estimate of drug-likeness (QED) is 0.666. The number of hydrogen-bond acceptors (Lipinski definition) is 2. The van der Waals surface area contributed by atoms with E-state index in [1.165, 1.54) is 17.7 Å². The predicted molar refractivity (Wildman–Crippen MR) is 81.6 cm³/mol. The number of piperidine rings is 1. The molecular weight excluding hydrogens is 266 g/mol. The zero-order valence-electron chi connectivity index (χ0n) is 13.4. The van der Waals surface area contributed by atoms with Crippen LogP contribution in [0.4, 0.5) is 0 Å². The summed E-state index contributed by atoms with van der Waals surface area (Å²) in [6, 6.07) is 0.317. The third-order valence-electron chi connectivity index (χ3n) is 5.48. The molecule has 1 unspecified atom stereocenters. The third-order valence-corrected chi connectivity index (χ3v) is 5.48. The number of carbonyl (C=O) groups is 2. The van der Waals surface area contributed by atoms with Gasteiger partial charge in [-0.2, -0.15) is 0 Å². The first kappa shape index (κ1) is 16.3. The molecular formula is C16H30N3O2+. The van der Waals surface area contributed by atoms with Crippen LogP contribution in [0.25, 0.3) is 0 Å². The number of nitrogens with one attached hydrogen (secondary N) is 2. The lowest BCUT2D eigenvalue weighted by Gasteiger charge is -2.35. The van der Waals surface area contributed by atoms with Crippen LogP contribution in [0.3, 0.4) is 0 Å². The summed E-state index contributed by atoms with van der Waals surface area (Å²) < 4.78 is 0. The molecule has 5 heteroatoms. The maximum absolute atomic E-state index is 12.3. The molecule has 21 heavy (non-hydrogen) atoms. The van der Waals surface area contributed by atoms with Gasteiger partial charge in [-0.15, -0.1) is 0 Å². The van der Waals surface area contributed by atoms with Crippen molar-refractivity contribution in [3.8, 4) is 0 Å². The lowest BCUT2D eigenvalue weighted by atomic mass is 9.78. The van der Waals surface area contributed by atoms with E-state index in [-0.39, 0.29) is 17.7 Å². The van der Waals surface area contributed by atoms with Gasteiger partial charge >= 0.3 is 0 Å². The van der Waals surface area contributed by atoms with Gasteiger partial charge in [0.15, 0.2) is 6.54 Å². The van der Waals surface area contributed by atoms with Gasteiger partial charge in [-0.3, -0.25) is 9.59 Å². The number of hydrogen-bond donors (Lipinski definition) is 3. The van der Waals surface area contributed by atoms with Crippen molar-refractivity contribution >= 4 is 11.8 Å². The molecule has 0 aromatic heterocycles. The average molecular weight is 296 g/mol. The number of likely N-dealkylation sites (tertiary alicyclic amines) is 1. The van der Waals surface area contributed by atoms with E-state index in [4.69, 9.17) is 5.73 Å². The highest BCUT2D eigenvalue weighted by molar-refractivity contribution is 5.78. The third kappa shape index (κ3) is 4.43. The molecule has 0 aromatic rings. The van der Waals surface area contributed by atoms with Crippen molar-refractivity contribution in [2.45, 2.75) is 52.0 Å². The minimum Gasteiger partial charge on any atom is -0.369 e. The van der Waals surface area contributed by atoms with E-state index >= 15 is 0 Å². The monoisotopic (exact) mass is 296 g/mol. The summed E-state index contributed by atoms with van der Waals surface area (Å²) in [7, 11) is 0. The van der Waals surface area contributed by atoms with Gasteiger partial charge in [0.25, 0.3) is 5.91 Å². The highest BCUT2D eigenvalue weighted by Crippen LogP contribution is 2.29. The Bertz CT molecular complexity index is 386. The van der Waals surface area contributed by atoms with Crippen LogP contribution in [-0.4, -0.2) is 37.5 Å². The van der Waals surface area contributed by atoms with Crippen molar-refractivity contribution in [3.63, 3.8) is 0 Å². The molecule has 0 radical (unpaired) electrons. The Hall–Kier alpha value is -1.10. The van der Waals surface area contributed by atoms with Crippen molar-refractivity contribution in [1.82, 2.24) is 5.32 Å². The van der Waals surface area contributed by atoms with Crippen LogP contribution in [0.15, 0.2) is 0 Å². The van der Waals surface area contributed by atoms with E-state index in [0.717, 1.165) is 25.8 Å². The molecule has 2 rings (SSSR count). The second-order valence-corrected chi connectivity index (χ2v) is 7.06. The Morgan fingerprint density at radius 1 is 1.19 bits per heavy atom. The molecule has 120 valence electrons. The number of primary amides is 1. The average Bonchev–Trinajstić information content (AvgIpc) is 2.44. The molecule has 1 saturated heterocycles. The van der Waals surface area contributed by atoms with Crippen LogP contribution in [0.5, 0.6) is 0 Å². The van der Waals surface area contributed by atoms with E-state index in [1.54, 1.807) is 0 Å². The minimum atomic E-state index is -0.220. The molecule has 1 aliphatic heterocycles. The molecule has 1 saturated carbocycles. The van der Waals surface area contributed by atoms with Crippen molar-refractivity contribution in [3.05, 3.63) is 0 Å². The van der Waals surface area contributed by atoms with Crippen molar-refractivity contribution < 1.29 is 14.5 Å². The van der Waals surface area contributed by atoms with E-state index in [1.807, 2.05) is 0 Å². The lowest BCUT2D eigenvalue weighted by Crippen LogP contribution is -3.15. The van der Waals surface area contributed by atoms with Gasteiger partial charge in [0, 0.05) is 6.04 Å². The van der Waals surface area contributed by atoms with E-state index < -0.39 is 0 Å². The van der Waals surface area contributed by atoms with Gasteiger partial charge < -0.3 is 16.0 Å². The Labute approximate surface area is 127 Å². The first-order chi connectivity index (χ1) is 9.97. The molecule has 2 aliphatic rings. The summed E-state index contributed by atoms with van der Waals surface area (Å²) >= 11 is 0. The zero-order valence-corrected chi connectivity index (χ0v) is 13.4. The van der Waals surface area contributed by atoms with Gasteiger partial charge in [-0.1, -0.05) is 26.7 Å². The highest BCUT2D eigenvalue weighted by Gasteiger charge is 2.31. The first-order valence-corrected chi connectivity index (χ1v) is 8.39. The number of carbonyl (C=O) groups excluding carboxylic acids is 2. The molecule has 0 spiro atoms. The number of nitrogens with two attached hydrogens (primary N) is 1. The second-order valence-electron chi connectivity index (χ2n) is 7.06. The number of quaternary nitrogens is 1. The second kappa shape index (κ2) is 7.25. The molecule has 0 aromatic carbocycles. The van der Waals surface area contributed by atoms with Crippen LogP contribution in [-0.2, 0) is 9.59 Å².